The summed E-state index contributed by atoms with van der Waals surface area (Å²) in [7, 11) is -4.26. The van der Waals surface area contributed by atoms with Crippen LogP contribution in [-0.2, 0) is 33.3 Å². The maximum absolute atomic E-state index is 12.5. The summed E-state index contributed by atoms with van der Waals surface area (Å²) in [6, 6.07) is 16.9. The van der Waals surface area contributed by atoms with Gasteiger partial charge in [-0.2, -0.15) is 13.7 Å². The molecule has 182 valence electrons. The van der Waals surface area contributed by atoms with E-state index in [1.807, 2.05) is 6.07 Å². The van der Waals surface area contributed by atoms with Gasteiger partial charge in [0.1, 0.15) is 18.8 Å². The van der Waals surface area contributed by atoms with Gasteiger partial charge < -0.3 is 18.8 Å². The molecule has 12 heteroatoms. The Labute approximate surface area is 200 Å². The van der Waals surface area contributed by atoms with E-state index in [0.717, 1.165) is 13.2 Å². The van der Waals surface area contributed by atoms with Crippen LogP contribution in [0.5, 0.6) is 0 Å². The molecule has 0 spiro atoms. The van der Waals surface area contributed by atoms with Gasteiger partial charge in [-0.25, -0.2) is 14.0 Å². The molecule has 0 bridgehead atoms. The summed E-state index contributed by atoms with van der Waals surface area (Å²) in [5.41, 5.74) is -0.955. The topological polar surface area (TPSA) is 147 Å². The molecule has 1 fully saturated rings. The molecule has 0 unspecified atom stereocenters. The summed E-state index contributed by atoms with van der Waals surface area (Å²) in [6.45, 7) is 0.548. The number of rotatable bonds is 7. The third-order valence-corrected chi connectivity index (χ3v) is 5.93. The van der Waals surface area contributed by atoms with E-state index in [-0.39, 0.29) is 5.56 Å². The number of aromatic nitrogens is 2. The summed E-state index contributed by atoms with van der Waals surface area (Å²) in [5.74, 6) is -1.52. The van der Waals surface area contributed by atoms with E-state index < -0.39 is 52.7 Å². The first-order chi connectivity index (χ1) is 16.6. The largest absolute Gasteiger partial charge is 0.459 e. The second-order valence-electron chi connectivity index (χ2n) is 7.84. The van der Waals surface area contributed by atoms with E-state index in [9.17, 15) is 23.3 Å². The Kier molecular flexibility index (Phi) is 6.58. The molecule has 4 atom stereocenters. The van der Waals surface area contributed by atoms with Crippen LogP contribution in [0.1, 0.15) is 23.5 Å². The summed E-state index contributed by atoms with van der Waals surface area (Å²) < 4.78 is 47.9. The second-order valence-corrected chi connectivity index (χ2v) is 9.42. The van der Waals surface area contributed by atoms with Crippen molar-refractivity contribution < 1.29 is 36.4 Å². The summed E-state index contributed by atoms with van der Waals surface area (Å²) in [4.78, 5) is 28.8. The molecule has 2 heterocycles. The zero-order chi connectivity index (χ0) is 25.2. The summed E-state index contributed by atoms with van der Waals surface area (Å²) in [6.07, 6.45) is -2.03. The standard InChI is InChI=1S/C23H21N3O8S/c1-15(27)32-20-21(26-14-25-17-10-6-7-11-18(17)26)33-19(23(20,13-24)34-35(2,29)30)12-31-22(28)16-8-4-3-5-9-16/h3-11,14,19-21H,12H2,1-2H3/t19-,20+,21-,23-/m1/s1. The van der Waals surface area contributed by atoms with Crippen molar-refractivity contribution in [2.75, 3.05) is 12.9 Å². The Morgan fingerprint density at radius 1 is 1.17 bits per heavy atom. The van der Waals surface area contributed by atoms with Crippen molar-refractivity contribution in [2.45, 2.75) is 31.0 Å². The van der Waals surface area contributed by atoms with Gasteiger partial charge in [-0.15, -0.1) is 0 Å². The van der Waals surface area contributed by atoms with E-state index in [1.165, 1.54) is 23.0 Å². The zero-order valence-corrected chi connectivity index (χ0v) is 19.5. The van der Waals surface area contributed by atoms with Crippen LogP contribution < -0.4 is 0 Å². The van der Waals surface area contributed by atoms with Crippen LogP contribution in [0.15, 0.2) is 60.9 Å². The zero-order valence-electron chi connectivity index (χ0n) is 18.7. The number of imidazole rings is 1. The first kappa shape index (κ1) is 24.3. The van der Waals surface area contributed by atoms with Gasteiger partial charge >= 0.3 is 11.9 Å². The van der Waals surface area contributed by atoms with Crippen molar-refractivity contribution in [1.29, 1.82) is 5.26 Å². The fourth-order valence-corrected chi connectivity index (χ4v) is 4.67. The van der Waals surface area contributed by atoms with E-state index in [1.54, 1.807) is 42.5 Å². The van der Waals surface area contributed by atoms with Gasteiger partial charge in [0, 0.05) is 6.92 Å². The molecule has 0 amide bonds. The number of fused-ring (bicyclic) bond motifs is 1. The van der Waals surface area contributed by atoms with Crippen LogP contribution in [0, 0.1) is 11.3 Å². The molecule has 0 N–H and O–H groups in total. The molecule has 35 heavy (non-hydrogen) atoms. The minimum atomic E-state index is -4.26. The van der Waals surface area contributed by atoms with E-state index in [4.69, 9.17) is 18.4 Å². The van der Waals surface area contributed by atoms with Crippen LogP contribution in [0.3, 0.4) is 0 Å². The highest BCUT2D eigenvalue weighted by Gasteiger charge is 2.64. The van der Waals surface area contributed by atoms with Crippen LogP contribution in [0.2, 0.25) is 0 Å². The lowest BCUT2D eigenvalue weighted by Crippen LogP contribution is -2.53. The molecule has 2 aromatic carbocycles. The second kappa shape index (κ2) is 9.46. The minimum absolute atomic E-state index is 0.241. The average Bonchev–Trinajstić information content (AvgIpc) is 3.36. The fraction of sp³-hybridized carbons (Fsp3) is 0.304. The number of carbonyl (C=O) groups excluding carboxylic acids is 2. The Balaban J connectivity index is 1.76. The van der Waals surface area contributed by atoms with E-state index in [2.05, 4.69) is 4.98 Å². The van der Waals surface area contributed by atoms with Crippen molar-refractivity contribution in [2.24, 2.45) is 0 Å². The Morgan fingerprint density at radius 2 is 1.86 bits per heavy atom. The number of hydrogen-bond donors (Lipinski definition) is 0. The number of carbonyl (C=O) groups is 2. The predicted molar refractivity (Wildman–Crippen MR) is 120 cm³/mol. The molecule has 1 saturated heterocycles. The molecule has 0 saturated carbocycles. The lowest BCUT2D eigenvalue weighted by Gasteiger charge is -2.30. The monoisotopic (exact) mass is 499 g/mol. The lowest BCUT2D eigenvalue weighted by atomic mass is 9.93. The number of para-hydroxylation sites is 2. The number of nitriles is 1. The van der Waals surface area contributed by atoms with Crippen molar-refractivity contribution in [3.05, 3.63) is 66.5 Å². The first-order valence-electron chi connectivity index (χ1n) is 10.4. The molecule has 1 aliphatic heterocycles. The van der Waals surface area contributed by atoms with Gasteiger partial charge in [0.15, 0.2) is 12.3 Å². The van der Waals surface area contributed by atoms with E-state index in [0.29, 0.717) is 11.0 Å². The Morgan fingerprint density at radius 3 is 2.51 bits per heavy atom. The Hall–Kier alpha value is -3.79. The smallest absolute Gasteiger partial charge is 0.338 e. The molecular formula is C23H21N3O8S. The average molecular weight is 500 g/mol. The van der Waals surface area contributed by atoms with Gasteiger partial charge in [-0.3, -0.25) is 4.79 Å². The van der Waals surface area contributed by atoms with Crippen LogP contribution in [0.4, 0.5) is 0 Å². The minimum Gasteiger partial charge on any atom is -0.459 e. The highest BCUT2D eigenvalue weighted by molar-refractivity contribution is 7.86. The number of nitrogens with zero attached hydrogens (tertiary/aromatic N) is 3. The lowest BCUT2D eigenvalue weighted by molar-refractivity contribution is -0.157. The third-order valence-electron chi connectivity index (χ3n) is 5.35. The van der Waals surface area contributed by atoms with Crippen molar-refractivity contribution >= 4 is 33.1 Å². The first-order valence-corrected chi connectivity index (χ1v) is 12.2. The van der Waals surface area contributed by atoms with Crippen LogP contribution in [0.25, 0.3) is 11.0 Å². The quantitative estimate of drug-likeness (QED) is 0.349. The fourth-order valence-electron chi connectivity index (χ4n) is 3.93. The summed E-state index contributed by atoms with van der Waals surface area (Å²) in [5, 5.41) is 10.2. The molecule has 1 aliphatic rings. The number of ether oxygens (including phenoxy) is 3. The molecular weight excluding hydrogens is 478 g/mol. The molecule has 3 aromatic rings. The highest BCUT2D eigenvalue weighted by Crippen LogP contribution is 2.43. The summed E-state index contributed by atoms with van der Waals surface area (Å²) >= 11 is 0. The maximum atomic E-state index is 12.5. The van der Waals surface area contributed by atoms with E-state index >= 15 is 0 Å². The molecule has 0 aliphatic carbocycles. The van der Waals surface area contributed by atoms with Crippen LogP contribution >= 0.6 is 0 Å². The third kappa shape index (κ3) is 4.88. The molecule has 1 aromatic heterocycles. The number of benzene rings is 2. The maximum Gasteiger partial charge on any atom is 0.338 e. The van der Waals surface area contributed by atoms with Gasteiger partial charge in [0.25, 0.3) is 10.1 Å². The molecule has 4 rings (SSSR count). The van der Waals surface area contributed by atoms with Gasteiger partial charge in [0.05, 0.1) is 29.2 Å². The van der Waals surface area contributed by atoms with Crippen molar-refractivity contribution in [1.82, 2.24) is 9.55 Å². The molecule has 0 radical (unpaired) electrons. The van der Waals surface area contributed by atoms with Crippen molar-refractivity contribution in [3.63, 3.8) is 0 Å². The Bertz CT molecular complexity index is 1400. The SMILES string of the molecule is CC(=O)O[C@H]1[C@H](n2cnc3ccccc32)O[C@H](COC(=O)c2ccccc2)[C@@]1(C#N)OS(C)(=O)=O. The van der Waals surface area contributed by atoms with Gasteiger partial charge in [0.2, 0.25) is 5.60 Å². The number of esters is 2. The van der Waals surface area contributed by atoms with Gasteiger partial charge in [-0.1, -0.05) is 30.3 Å². The van der Waals surface area contributed by atoms with Crippen molar-refractivity contribution in [3.8, 4) is 6.07 Å². The molecule has 11 nitrogen and oxygen atoms in total. The normalized spacial score (nSPS) is 24.1. The number of hydrogen-bond acceptors (Lipinski definition) is 10. The predicted octanol–water partition coefficient (Wildman–Crippen LogP) is 1.96. The van der Waals surface area contributed by atoms with Crippen LogP contribution in [-0.4, -0.2) is 60.6 Å². The highest BCUT2D eigenvalue weighted by atomic mass is 32.2. The van der Waals surface area contributed by atoms with Gasteiger partial charge in [-0.05, 0) is 24.3 Å².